The Labute approximate surface area is 314 Å². The number of hydrogen-bond donors (Lipinski definition) is 0. The maximum Gasteiger partial charge on any atom is 0.232 e. The van der Waals surface area contributed by atoms with Crippen LogP contribution in [0, 0.1) is 22.7 Å². The van der Waals surface area contributed by atoms with Gasteiger partial charge in [0.1, 0.15) is 12.1 Å². The Bertz CT molecular complexity index is 3180. The lowest BCUT2D eigenvalue weighted by Gasteiger charge is -2.13. The van der Waals surface area contributed by atoms with E-state index in [1.165, 1.54) is 21.5 Å². The zero-order valence-corrected chi connectivity index (χ0v) is 29.2. The van der Waals surface area contributed by atoms with Gasteiger partial charge in [-0.05, 0) is 78.4 Å². The first-order chi connectivity index (χ1) is 27.2. The third-order valence-electron chi connectivity index (χ3n) is 10.9. The first-order valence-electron chi connectivity index (χ1n) is 18.0. The van der Waals surface area contributed by atoms with Crippen molar-refractivity contribution in [3.8, 4) is 40.3 Å². The molecular formula is C48H27N7. The molecule has 7 heteroatoms. The number of nitrogens with zero attached hydrogens (tertiary/aromatic N) is 7. The highest BCUT2D eigenvalue weighted by molar-refractivity contribution is 6.14. The van der Waals surface area contributed by atoms with Gasteiger partial charge in [0.15, 0.2) is 0 Å². The first kappa shape index (κ1) is 30.6. The van der Waals surface area contributed by atoms with E-state index >= 15 is 0 Å². The molecule has 0 saturated heterocycles. The van der Waals surface area contributed by atoms with Crippen LogP contribution in [0.5, 0.6) is 0 Å². The lowest BCUT2D eigenvalue weighted by molar-refractivity contribution is 1.11. The van der Waals surface area contributed by atoms with Crippen LogP contribution in [-0.2, 0) is 0 Å². The second-order valence-corrected chi connectivity index (χ2v) is 13.7. The fourth-order valence-electron chi connectivity index (χ4n) is 8.47. The number of fused-ring (bicyclic) bond motifs is 9. The molecule has 0 amide bonds. The average molecular weight is 702 g/mol. The van der Waals surface area contributed by atoms with Gasteiger partial charge in [-0.1, -0.05) is 78.9 Å². The van der Waals surface area contributed by atoms with Gasteiger partial charge >= 0.3 is 0 Å². The van der Waals surface area contributed by atoms with Crippen molar-refractivity contribution in [3.63, 3.8) is 0 Å². The fraction of sp³-hybridized carbons (Fsp3) is 0. The summed E-state index contributed by atoms with van der Waals surface area (Å²) >= 11 is 0. The van der Waals surface area contributed by atoms with Crippen LogP contribution in [0.15, 0.2) is 164 Å². The lowest BCUT2D eigenvalue weighted by atomic mass is 10.0. The third kappa shape index (κ3) is 4.48. The molecule has 11 rings (SSSR count). The van der Waals surface area contributed by atoms with E-state index in [-0.39, 0.29) is 5.82 Å². The van der Waals surface area contributed by atoms with Crippen LogP contribution >= 0.6 is 0 Å². The molecule has 0 unspecified atom stereocenters. The van der Waals surface area contributed by atoms with Crippen molar-refractivity contribution in [1.82, 2.24) is 23.7 Å². The largest absolute Gasteiger partial charge is 0.309 e. The van der Waals surface area contributed by atoms with Crippen molar-refractivity contribution >= 4 is 65.4 Å². The number of nitriles is 2. The van der Waals surface area contributed by atoms with Crippen LogP contribution < -0.4 is 0 Å². The fourth-order valence-corrected chi connectivity index (χ4v) is 8.47. The predicted octanol–water partition coefficient (Wildman–Crippen LogP) is 11.2. The molecular weight excluding hydrogens is 675 g/mol. The summed E-state index contributed by atoms with van der Waals surface area (Å²) in [6.07, 6.45) is 3.24. The van der Waals surface area contributed by atoms with E-state index in [1.54, 1.807) is 12.4 Å². The van der Waals surface area contributed by atoms with Crippen molar-refractivity contribution in [2.24, 2.45) is 0 Å². The van der Waals surface area contributed by atoms with Gasteiger partial charge in [0.25, 0.3) is 0 Å². The molecule has 0 atom stereocenters. The molecule has 7 aromatic carbocycles. The van der Waals surface area contributed by atoms with Crippen molar-refractivity contribution in [2.45, 2.75) is 0 Å². The van der Waals surface area contributed by atoms with Gasteiger partial charge in [-0.25, -0.2) is 9.97 Å². The highest BCUT2D eigenvalue weighted by Gasteiger charge is 2.20. The summed E-state index contributed by atoms with van der Waals surface area (Å²) in [5, 5.41) is 26.8. The van der Waals surface area contributed by atoms with Crippen molar-refractivity contribution in [3.05, 3.63) is 175 Å². The predicted molar refractivity (Wildman–Crippen MR) is 220 cm³/mol. The standard InChI is InChI=1S/C48H27N7/c49-26-31-23-30(32-28-51-48(27-50)52-29-32)17-20-41(31)55-46-21-18-33(53-42-13-5-1-9-35(42)36-10-2-6-14-43(36)53)24-39(46)40-25-34(19-22-47(40)55)54-44-15-7-3-11-37(44)38-12-4-8-16-45(38)54/h1-25,28-29H. The number of rotatable bonds is 4. The third-order valence-corrected chi connectivity index (χ3v) is 10.9. The van der Waals surface area contributed by atoms with E-state index in [2.05, 4.69) is 163 Å². The zero-order chi connectivity index (χ0) is 36.6. The molecule has 4 aromatic heterocycles. The molecule has 0 N–H and O–H groups in total. The number of benzene rings is 7. The molecule has 0 radical (unpaired) electrons. The van der Waals surface area contributed by atoms with Crippen LogP contribution in [0.1, 0.15) is 11.4 Å². The lowest BCUT2D eigenvalue weighted by Crippen LogP contribution is -1.99. The zero-order valence-electron chi connectivity index (χ0n) is 29.2. The highest BCUT2D eigenvalue weighted by atomic mass is 15.0. The summed E-state index contributed by atoms with van der Waals surface area (Å²) in [6, 6.07) is 57.8. The van der Waals surface area contributed by atoms with Crippen molar-refractivity contribution in [2.75, 3.05) is 0 Å². The van der Waals surface area contributed by atoms with Gasteiger partial charge in [-0.3, -0.25) is 0 Å². The van der Waals surface area contributed by atoms with Crippen LogP contribution in [0.2, 0.25) is 0 Å². The Morgan fingerprint density at radius 3 is 1.25 bits per heavy atom. The Balaban J connectivity index is 1.20. The van der Waals surface area contributed by atoms with Gasteiger partial charge in [-0.2, -0.15) is 10.5 Å². The summed E-state index contributed by atoms with van der Waals surface area (Å²) in [5.74, 6) is 0.103. The molecule has 0 spiro atoms. The van der Waals surface area contributed by atoms with Gasteiger partial charge in [0.2, 0.25) is 5.82 Å². The van der Waals surface area contributed by atoms with Gasteiger partial charge in [0.05, 0.1) is 44.4 Å². The summed E-state index contributed by atoms with van der Waals surface area (Å²) in [7, 11) is 0. The molecule has 0 aliphatic carbocycles. The summed E-state index contributed by atoms with van der Waals surface area (Å²) in [4.78, 5) is 8.31. The molecule has 7 nitrogen and oxygen atoms in total. The minimum atomic E-state index is 0.103. The Kier molecular flexibility index (Phi) is 6.54. The molecule has 0 aliphatic heterocycles. The Hall–Kier alpha value is -8.00. The van der Waals surface area contributed by atoms with Crippen LogP contribution in [0.3, 0.4) is 0 Å². The quantitative estimate of drug-likeness (QED) is 0.183. The van der Waals surface area contributed by atoms with Crippen molar-refractivity contribution in [1.29, 1.82) is 10.5 Å². The topological polar surface area (TPSA) is 88.1 Å². The maximum absolute atomic E-state index is 10.6. The molecule has 254 valence electrons. The Morgan fingerprint density at radius 2 is 0.818 bits per heavy atom. The van der Waals surface area contributed by atoms with Crippen LogP contribution in [0.25, 0.3) is 93.6 Å². The van der Waals surface area contributed by atoms with E-state index in [0.29, 0.717) is 5.56 Å². The molecule has 0 aliphatic rings. The summed E-state index contributed by atoms with van der Waals surface area (Å²) in [5.41, 5.74) is 11.5. The van der Waals surface area contributed by atoms with Gasteiger partial charge in [0, 0.05) is 61.6 Å². The molecule has 11 aromatic rings. The normalized spacial score (nSPS) is 11.6. The smallest absolute Gasteiger partial charge is 0.232 e. The maximum atomic E-state index is 10.6. The van der Waals surface area contributed by atoms with E-state index in [1.807, 2.05) is 24.3 Å². The minimum absolute atomic E-state index is 0.103. The Morgan fingerprint density at radius 1 is 0.382 bits per heavy atom. The molecule has 0 bridgehead atoms. The molecule has 0 saturated carbocycles. The first-order valence-corrected chi connectivity index (χ1v) is 18.0. The second-order valence-electron chi connectivity index (χ2n) is 13.7. The van der Waals surface area contributed by atoms with Gasteiger partial charge in [-0.15, -0.1) is 0 Å². The molecule has 0 fully saturated rings. The molecule has 4 heterocycles. The monoisotopic (exact) mass is 701 g/mol. The van der Waals surface area contributed by atoms with Gasteiger partial charge < -0.3 is 13.7 Å². The van der Waals surface area contributed by atoms with Crippen LogP contribution in [0.4, 0.5) is 0 Å². The number of aromatic nitrogens is 5. The molecule has 55 heavy (non-hydrogen) atoms. The van der Waals surface area contributed by atoms with Crippen LogP contribution in [-0.4, -0.2) is 23.7 Å². The summed E-state index contributed by atoms with van der Waals surface area (Å²) < 4.78 is 6.89. The number of para-hydroxylation sites is 4. The SMILES string of the molecule is N#Cc1ncc(-c2ccc(-n3c4ccc(-n5c6ccccc6c6ccccc65)cc4c4cc(-n5c6ccccc6c6ccccc65)ccc43)c(C#N)c2)cn1. The van der Waals surface area contributed by atoms with E-state index in [9.17, 15) is 10.5 Å². The number of hydrogen-bond acceptors (Lipinski definition) is 4. The van der Waals surface area contributed by atoms with E-state index in [0.717, 1.165) is 72.1 Å². The minimum Gasteiger partial charge on any atom is -0.309 e. The van der Waals surface area contributed by atoms with E-state index in [4.69, 9.17) is 0 Å². The summed E-state index contributed by atoms with van der Waals surface area (Å²) in [6.45, 7) is 0. The highest BCUT2D eigenvalue weighted by Crippen LogP contribution is 2.40. The average Bonchev–Trinajstić information content (AvgIpc) is 3.88. The van der Waals surface area contributed by atoms with Crippen molar-refractivity contribution < 1.29 is 0 Å². The second kappa shape index (κ2) is 11.8. The van der Waals surface area contributed by atoms with E-state index < -0.39 is 0 Å².